The van der Waals surface area contributed by atoms with Crippen LogP contribution < -0.4 is 5.32 Å². The van der Waals surface area contributed by atoms with Crippen molar-refractivity contribution < 1.29 is 9.18 Å². The Morgan fingerprint density at radius 2 is 2.28 bits per heavy atom. The molecule has 18 heavy (non-hydrogen) atoms. The monoisotopic (exact) mass is 314 g/mol. The van der Waals surface area contributed by atoms with Crippen LogP contribution >= 0.6 is 15.9 Å². The summed E-state index contributed by atoms with van der Waals surface area (Å²) in [6, 6.07) is 3.28. The van der Waals surface area contributed by atoms with Crippen molar-refractivity contribution in [2.24, 2.45) is 0 Å². The van der Waals surface area contributed by atoms with E-state index in [9.17, 15) is 9.18 Å². The predicted octanol–water partition coefficient (Wildman–Crippen LogP) is 2.33. The van der Waals surface area contributed by atoms with E-state index in [1.807, 2.05) is 6.92 Å². The summed E-state index contributed by atoms with van der Waals surface area (Å²) in [5.74, 6) is -0.459. The first-order valence-electron chi connectivity index (χ1n) is 5.97. The number of piperazine rings is 1. The minimum absolute atomic E-state index is 0.108. The molecule has 3 nitrogen and oxygen atoms in total. The maximum atomic E-state index is 13.6. The van der Waals surface area contributed by atoms with Gasteiger partial charge in [-0.2, -0.15) is 0 Å². The van der Waals surface area contributed by atoms with Gasteiger partial charge in [-0.15, -0.1) is 0 Å². The van der Waals surface area contributed by atoms with Gasteiger partial charge in [-0.3, -0.25) is 4.79 Å². The van der Waals surface area contributed by atoms with Gasteiger partial charge in [-0.25, -0.2) is 4.39 Å². The molecule has 1 aromatic rings. The molecule has 1 aliphatic rings. The highest BCUT2D eigenvalue weighted by Gasteiger charge is 2.22. The number of hydrogen-bond donors (Lipinski definition) is 1. The smallest absolute Gasteiger partial charge is 0.254 e. The summed E-state index contributed by atoms with van der Waals surface area (Å²) in [6.45, 7) is 5.82. The molecule has 1 amide bonds. The molecule has 1 atom stereocenters. The number of nitrogens with one attached hydrogen (secondary N) is 1. The number of nitrogens with zero attached hydrogens (tertiary/aromatic N) is 1. The number of carbonyl (C=O) groups excluding carboxylic acids is 1. The quantitative estimate of drug-likeness (QED) is 0.863. The third-order valence-electron chi connectivity index (χ3n) is 3.18. The molecule has 1 aliphatic heterocycles. The zero-order valence-corrected chi connectivity index (χ0v) is 12.1. The van der Waals surface area contributed by atoms with E-state index in [1.165, 1.54) is 6.07 Å². The average molecular weight is 315 g/mol. The van der Waals surface area contributed by atoms with Gasteiger partial charge in [-0.1, -0.05) is 15.9 Å². The van der Waals surface area contributed by atoms with Gasteiger partial charge in [0.15, 0.2) is 0 Å². The third-order valence-corrected chi connectivity index (χ3v) is 4.01. The molecule has 1 N–H and O–H groups in total. The van der Waals surface area contributed by atoms with Gasteiger partial charge < -0.3 is 10.2 Å². The Balaban J connectivity index is 2.23. The van der Waals surface area contributed by atoms with Crippen LogP contribution in [0.2, 0.25) is 0 Å². The van der Waals surface area contributed by atoms with Gasteiger partial charge >= 0.3 is 0 Å². The lowest BCUT2D eigenvalue weighted by Gasteiger charge is -2.32. The van der Waals surface area contributed by atoms with Crippen molar-refractivity contribution in [3.63, 3.8) is 0 Å². The standard InChI is InChI=1S/C13H16BrFN2O/c1-8-7-17(4-3-16-8)13(18)10-5-11(14)9(2)12(15)6-10/h5-6,8,16H,3-4,7H2,1-2H3/t8-/m0/s1. The van der Waals surface area contributed by atoms with E-state index in [-0.39, 0.29) is 17.8 Å². The van der Waals surface area contributed by atoms with Crippen LogP contribution in [0.5, 0.6) is 0 Å². The second kappa shape index (κ2) is 5.36. The highest BCUT2D eigenvalue weighted by molar-refractivity contribution is 9.10. The molecule has 0 aliphatic carbocycles. The molecule has 2 rings (SSSR count). The average Bonchev–Trinajstić information content (AvgIpc) is 2.34. The molecule has 0 radical (unpaired) electrons. The van der Waals surface area contributed by atoms with E-state index in [4.69, 9.17) is 0 Å². The van der Waals surface area contributed by atoms with Crippen LogP contribution in [0.1, 0.15) is 22.8 Å². The number of halogens is 2. The van der Waals surface area contributed by atoms with Crippen molar-refractivity contribution in [2.45, 2.75) is 19.9 Å². The molecule has 0 spiro atoms. The molecule has 1 saturated heterocycles. The van der Waals surface area contributed by atoms with Crippen LogP contribution in [-0.2, 0) is 0 Å². The van der Waals surface area contributed by atoms with E-state index >= 15 is 0 Å². The first-order chi connectivity index (χ1) is 8.49. The second-order valence-corrected chi connectivity index (χ2v) is 5.53. The second-order valence-electron chi connectivity index (χ2n) is 4.67. The molecule has 0 aromatic heterocycles. The minimum atomic E-state index is -0.351. The van der Waals surface area contributed by atoms with E-state index in [0.29, 0.717) is 28.7 Å². The third kappa shape index (κ3) is 2.72. The van der Waals surface area contributed by atoms with Crippen LogP contribution in [0.25, 0.3) is 0 Å². The molecule has 0 unspecified atom stereocenters. The van der Waals surface area contributed by atoms with Crippen molar-refractivity contribution >= 4 is 21.8 Å². The molecule has 5 heteroatoms. The van der Waals surface area contributed by atoms with Crippen LogP contribution in [0, 0.1) is 12.7 Å². The predicted molar refractivity (Wildman–Crippen MR) is 72.2 cm³/mol. The highest BCUT2D eigenvalue weighted by Crippen LogP contribution is 2.22. The Morgan fingerprint density at radius 1 is 1.56 bits per heavy atom. The van der Waals surface area contributed by atoms with Crippen molar-refractivity contribution in [1.82, 2.24) is 10.2 Å². The number of hydrogen-bond acceptors (Lipinski definition) is 2. The SMILES string of the molecule is Cc1c(F)cc(C(=O)N2CCN[C@@H](C)C2)cc1Br. The molecule has 98 valence electrons. The van der Waals surface area contributed by atoms with E-state index in [1.54, 1.807) is 17.9 Å². The zero-order valence-electron chi connectivity index (χ0n) is 10.5. The lowest BCUT2D eigenvalue weighted by atomic mass is 10.1. The van der Waals surface area contributed by atoms with E-state index < -0.39 is 0 Å². The van der Waals surface area contributed by atoms with Gasteiger partial charge in [0.1, 0.15) is 5.82 Å². The number of carbonyl (C=O) groups is 1. The molecular formula is C13H16BrFN2O. The van der Waals surface area contributed by atoms with Gasteiger partial charge in [0.25, 0.3) is 5.91 Å². The van der Waals surface area contributed by atoms with Gasteiger partial charge in [0.05, 0.1) is 0 Å². The Hall–Kier alpha value is -0.940. The summed E-state index contributed by atoms with van der Waals surface area (Å²) in [5.41, 5.74) is 0.930. The number of rotatable bonds is 1. The van der Waals surface area contributed by atoms with Crippen molar-refractivity contribution in [3.8, 4) is 0 Å². The lowest BCUT2D eigenvalue weighted by Crippen LogP contribution is -2.51. The first-order valence-corrected chi connectivity index (χ1v) is 6.76. The summed E-state index contributed by atoms with van der Waals surface area (Å²) in [6.07, 6.45) is 0. The molecule has 0 saturated carbocycles. The first kappa shape index (κ1) is 13.5. The molecule has 1 fully saturated rings. The van der Waals surface area contributed by atoms with Crippen LogP contribution in [0.3, 0.4) is 0 Å². The Kier molecular flexibility index (Phi) is 4.02. The highest BCUT2D eigenvalue weighted by atomic mass is 79.9. The van der Waals surface area contributed by atoms with Gasteiger partial charge in [0, 0.05) is 35.7 Å². The Bertz CT molecular complexity index is 455. The fourth-order valence-electron chi connectivity index (χ4n) is 2.07. The van der Waals surface area contributed by atoms with Crippen molar-refractivity contribution in [1.29, 1.82) is 0 Å². The number of amides is 1. The zero-order chi connectivity index (χ0) is 13.3. The largest absolute Gasteiger partial charge is 0.336 e. The summed E-state index contributed by atoms with van der Waals surface area (Å²) in [7, 11) is 0. The maximum Gasteiger partial charge on any atom is 0.254 e. The number of benzene rings is 1. The molecule has 0 bridgehead atoms. The Morgan fingerprint density at radius 3 is 2.89 bits per heavy atom. The van der Waals surface area contributed by atoms with Crippen molar-refractivity contribution in [2.75, 3.05) is 19.6 Å². The van der Waals surface area contributed by atoms with Crippen molar-refractivity contribution in [3.05, 3.63) is 33.5 Å². The molecule has 1 heterocycles. The van der Waals surface area contributed by atoms with Crippen LogP contribution in [0.15, 0.2) is 16.6 Å². The normalized spacial score (nSPS) is 20.0. The summed E-state index contributed by atoms with van der Waals surface area (Å²) in [5, 5.41) is 3.27. The van der Waals surface area contributed by atoms with E-state index in [0.717, 1.165) is 6.54 Å². The Labute approximate surface area is 114 Å². The fraction of sp³-hybridized carbons (Fsp3) is 0.462. The minimum Gasteiger partial charge on any atom is -0.336 e. The molecular weight excluding hydrogens is 299 g/mol. The summed E-state index contributed by atoms with van der Waals surface area (Å²) >= 11 is 3.28. The van der Waals surface area contributed by atoms with E-state index in [2.05, 4.69) is 21.2 Å². The summed E-state index contributed by atoms with van der Waals surface area (Å²) < 4.78 is 14.3. The van der Waals surface area contributed by atoms with Crippen LogP contribution in [0.4, 0.5) is 4.39 Å². The van der Waals surface area contributed by atoms with Gasteiger partial charge in [0.2, 0.25) is 0 Å². The van der Waals surface area contributed by atoms with Gasteiger partial charge in [-0.05, 0) is 31.5 Å². The lowest BCUT2D eigenvalue weighted by molar-refractivity contribution is 0.0708. The topological polar surface area (TPSA) is 32.3 Å². The maximum absolute atomic E-state index is 13.6. The van der Waals surface area contributed by atoms with Crippen LogP contribution in [-0.4, -0.2) is 36.5 Å². The summed E-state index contributed by atoms with van der Waals surface area (Å²) in [4.78, 5) is 14.0. The fourth-order valence-corrected chi connectivity index (χ4v) is 2.50. The molecule has 1 aromatic carbocycles.